The van der Waals surface area contributed by atoms with E-state index in [-0.39, 0.29) is 12.2 Å². The van der Waals surface area contributed by atoms with Gasteiger partial charge in [0.05, 0.1) is 0 Å². The molecule has 0 unspecified atom stereocenters. The fourth-order valence-corrected chi connectivity index (χ4v) is 2.19. The highest BCUT2D eigenvalue weighted by Crippen LogP contribution is 2.15. The van der Waals surface area contributed by atoms with E-state index < -0.39 is 12.0 Å². The van der Waals surface area contributed by atoms with E-state index in [1.165, 1.54) is 28.6 Å². The van der Waals surface area contributed by atoms with Gasteiger partial charge >= 0.3 is 5.97 Å². The summed E-state index contributed by atoms with van der Waals surface area (Å²) in [7, 11) is 0. The van der Waals surface area contributed by atoms with Gasteiger partial charge in [0.1, 0.15) is 11.8 Å². The summed E-state index contributed by atoms with van der Waals surface area (Å²) in [6, 6.07) is 13.7. The first kappa shape index (κ1) is 16.6. The van der Waals surface area contributed by atoms with Crippen molar-refractivity contribution < 1.29 is 15.0 Å². The van der Waals surface area contributed by atoms with Crippen LogP contribution in [0.3, 0.4) is 0 Å². The topological polar surface area (TPSA) is 99.3 Å². The molecule has 3 rings (SSSR count). The molecule has 0 spiro atoms. The van der Waals surface area contributed by atoms with E-state index in [1.54, 1.807) is 12.1 Å². The third kappa shape index (κ3) is 4.59. The monoisotopic (exact) mass is 312 g/mol. The third-order valence-electron chi connectivity index (χ3n) is 3.51. The second-order valence-corrected chi connectivity index (χ2v) is 5.33. The lowest BCUT2D eigenvalue weighted by Gasteiger charge is -2.05. The lowest BCUT2D eigenvalue weighted by Crippen LogP contribution is -2.32. The van der Waals surface area contributed by atoms with Crippen molar-refractivity contribution in [2.75, 3.05) is 0 Å². The lowest BCUT2D eigenvalue weighted by molar-refractivity contribution is -0.138. The number of H-pyrrole nitrogens is 1. The first-order chi connectivity index (χ1) is 11.0. The van der Waals surface area contributed by atoms with E-state index in [0.717, 1.165) is 5.56 Å². The zero-order valence-electron chi connectivity index (χ0n) is 12.9. The summed E-state index contributed by atoms with van der Waals surface area (Å²) in [4.78, 5) is 13.6. The van der Waals surface area contributed by atoms with Crippen LogP contribution in [-0.2, 0) is 11.2 Å². The Balaban J connectivity index is 0.000000172. The van der Waals surface area contributed by atoms with Crippen molar-refractivity contribution in [2.24, 2.45) is 5.73 Å². The van der Waals surface area contributed by atoms with Gasteiger partial charge in [-0.05, 0) is 42.7 Å². The first-order valence-electron chi connectivity index (χ1n) is 7.26. The Bertz CT molecular complexity index is 778. The van der Waals surface area contributed by atoms with Crippen LogP contribution in [0.2, 0.25) is 0 Å². The average molecular weight is 312 g/mol. The van der Waals surface area contributed by atoms with E-state index >= 15 is 0 Å². The number of aromatic amines is 1. The molecule has 2 aromatic carbocycles. The van der Waals surface area contributed by atoms with Crippen LogP contribution in [0, 0.1) is 6.92 Å². The minimum Gasteiger partial charge on any atom is -0.508 e. The standard InChI is InChI=1S/C9H11NO3.C9H9N/c10-8(9(12)13)5-6-1-3-7(11)4-2-6;1-7-6-10-9-5-3-2-4-8(7)9/h1-4,8,11H,5,10H2,(H,12,13);2-6,10H,1H3/t8-;/m0./s1. The Kier molecular flexibility index (Phi) is 5.38. The molecule has 120 valence electrons. The van der Waals surface area contributed by atoms with Crippen LogP contribution in [0.5, 0.6) is 5.75 Å². The molecule has 1 heterocycles. The zero-order valence-corrected chi connectivity index (χ0v) is 12.9. The number of rotatable bonds is 3. The molecule has 0 saturated heterocycles. The minimum atomic E-state index is -1.02. The maximum Gasteiger partial charge on any atom is 0.320 e. The van der Waals surface area contributed by atoms with E-state index in [4.69, 9.17) is 15.9 Å². The fraction of sp³-hybridized carbons (Fsp3) is 0.167. The number of benzene rings is 2. The number of nitrogens with one attached hydrogen (secondary N) is 1. The van der Waals surface area contributed by atoms with Gasteiger partial charge in [0.15, 0.2) is 0 Å². The predicted molar refractivity (Wildman–Crippen MR) is 90.5 cm³/mol. The Morgan fingerprint density at radius 3 is 2.43 bits per heavy atom. The van der Waals surface area contributed by atoms with Gasteiger partial charge in [-0.2, -0.15) is 0 Å². The van der Waals surface area contributed by atoms with Crippen molar-refractivity contribution in [3.05, 3.63) is 65.9 Å². The van der Waals surface area contributed by atoms with Crippen LogP contribution in [0.1, 0.15) is 11.1 Å². The van der Waals surface area contributed by atoms with Crippen molar-refractivity contribution >= 4 is 16.9 Å². The number of aromatic hydroxyl groups is 1. The van der Waals surface area contributed by atoms with Gasteiger partial charge in [0, 0.05) is 17.1 Å². The lowest BCUT2D eigenvalue weighted by atomic mass is 10.1. The maximum absolute atomic E-state index is 10.4. The van der Waals surface area contributed by atoms with Gasteiger partial charge < -0.3 is 20.9 Å². The van der Waals surface area contributed by atoms with Crippen LogP contribution in [0.4, 0.5) is 0 Å². The molecule has 0 aliphatic heterocycles. The van der Waals surface area contributed by atoms with E-state index in [1.807, 2.05) is 12.3 Å². The van der Waals surface area contributed by atoms with E-state index in [0.29, 0.717) is 0 Å². The van der Waals surface area contributed by atoms with Crippen molar-refractivity contribution in [1.29, 1.82) is 0 Å². The Morgan fingerprint density at radius 1 is 1.17 bits per heavy atom. The largest absolute Gasteiger partial charge is 0.508 e. The van der Waals surface area contributed by atoms with Crippen molar-refractivity contribution in [2.45, 2.75) is 19.4 Å². The second-order valence-electron chi connectivity index (χ2n) is 5.33. The molecule has 3 aromatic rings. The highest BCUT2D eigenvalue weighted by Gasteiger charge is 2.11. The number of carboxylic acid groups (broad SMARTS) is 1. The van der Waals surface area contributed by atoms with Crippen molar-refractivity contribution in [3.8, 4) is 5.75 Å². The number of hydrogen-bond acceptors (Lipinski definition) is 3. The molecule has 23 heavy (non-hydrogen) atoms. The van der Waals surface area contributed by atoms with Crippen LogP contribution in [0.25, 0.3) is 10.9 Å². The highest BCUT2D eigenvalue weighted by atomic mass is 16.4. The molecule has 0 aliphatic carbocycles. The van der Waals surface area contributed by atoms with Crippen LogP contribution in [0.15, 0.2) is 54.7 Å². The summed E-state index contributed by atoms with van der Waals surface area (Å²) in [5.41, 5.74) is 8.66. The van der Waals surface area contributed by atoms with Crippen LogP contribution >= 0.6 is 0 Å². The number of carboxylic acids is 1. The van der Waals surface area contributed by atoms with Gasteiger partial charge in [0.25, 0.3) is 0 Å². The number of nitrogens with two attached hydrogens (primary N) is 1. The predicted octanol–water partition coefficient (Wildman–Crippen LogP) is 2.82. The van der Waals surface area contributed by atoms with Gasteiger partial charge in [-0.15, -0.1) is 0 Å². The summed E-state index contributed by atoms with van der Waals surface area (Å²) in [6.45, 7) is 2.11. The van der Waals surface area contributed by atoms with Gasteiger partial charge in [-0.1, -0.05) is 30.3 Å². The molecule has 1 aromatic heterocycles. The zero-order chi connectivity index (χ0) is 16.8. The fourth-order valence-electron chi connectivity index (χ4n) is 2.19. The van der Waals surface area contributed by atoms with E-state index in [9.17, 15) is 4.79 Å². The minimum absolute atomic E-state index is 0.160. The smallest absolute Gasteiger partial charge is 0.320 e. The Labute approximate surface area is 134 Å². The van der Waals surface area contributed by atoms with Crippen LogP contribution < -0.4 is 5.73 Å². The summed E-state index contributed by atoms with van der Waals surface area (Å²) in [5.74, 6) is -0.860. The Hall–Kier alpha value is -2.79. The van der Waals surface area contributed by atoms with Crippen molar-refractivity contribution in [1.82, 2.24) is 4.98 Å². The SMILES string of the molecule is Cc1c[nH]c2ccccc12.N[C@@H](Cc1ccc(O)cc1)C(=O)O. The number of aromatic nitrogens is 1. The summed E-state index contributed by atoms with van der Waals surface area (Å²) >= 11 is 0. The molecule has 0 amide bonds. The average Bonchev–Trinajstić information content (AvgIpc) is 2.92. The van der Waals surface area contributed by atoms with Gasteiger partial charge in [-0.3, -0.25) is 4.79 Å². The molecule has 0 aliphatic rings. The van der Waals surface area contributed by atoms with Crippen LogP contribution in [-0.4, -0.2) is 27.2 Å². The first-order valence-corrected chi connectivity index (χ1v) is 7.26. The van der Waals surface area contributed by atoms with E-state index in [2.05, 4.69) is 30.1 Å². The number of para-hydroxylation sites is 1. The molecular formula is C18H20N2O3. The molecule has 5 heteroatoms. The molecule has 1 atom stereocenters. The number of phenolic OH excluding ortho intramolecular Hbond substituents is 1. The molecule has 5 N–H and O–H groups in total. The molecule has 0 radical (unpaired) electrons. The maximum atomic E-state index is 10.4. The van der Waals surface area contributed by atoms with Crippen molar-refractivity contribution in [3.63, 3.8) is 0 Å². The molecule has 5 nitrogen and oxygen atoms in total. The number of aryl methyl sites for hydroxylation is 1. The third-order valence-corrected chi connectivity index (χ3v) is 3.51. The normalized spacial score (nSPS) is 11.6. The molecule has 0 saturated carbocycles. The number of aliphatic carboxylic acids is 1. The second kappa shape index (κ2) is 7.47. The molecular weight excluding hydrogens is 292 g/mol. The Morgan fingerprint density at radius 2 is 1.83 bits per heavy atom. The highest BCUT2D eigenvalue weighted by molar-refractivity contribution is 5.82. The molecule has 0 bridgehead atoms. The number of fused-ring (bicyclic) bond motifs is 1. The number of hydrogen-bond donors (Lipinski definition) is 4. The van der Waals surface area contributed by atoms with Gasteiger partial charge in [0.2, 0.25) is 0 Å². The number of carbonyl (C=O) groups is 1. The quantitative estimate of drug-likeness (QED) is 0.597. The summed E-state index contributed by atoms with van der Waals surface area (Å²) in [6.07, 6.45) is 2.31. The summed E-state index contributed by atoms with van der Waals surface area (Å²) < 4.78 is 0. The molecule has 0 fully saturated rings. The summed E-state index contributed by atoms with van der Waals surface area (Å²) in [5, 5.41) is 18.8. The van der Waals surface area contributed by atoms with Gasteiger partial charge in [-0.25, -0.2) is 0 Å². The number of phenols is 1.